The number of halogens is 1. The number of aromatic nitrogens is 2. The number of nitrogens with zero attached hydrogens (tertiary/aromatic N) is 3. The molecule has 1 N–H and O–H groups in total. The molecule has 2 aromatic carbocycles. The van der Waals surface area contributed by atoms with E-state index in [1.165, 1.54) is 11.1 Å². The van der Waals surface area contributed by atoms with Gasteiger partial charge >= 0.3 is 0 Å². The number of anilines is 3. The summed E-state index contributed by atoms with van der Waals surface area (Å²) < 4.78 is 5.19. The van der Waals surface area contributed by atoms with E-state index in [1.54, 1.807) is 13.3 Å². The van der Waals surface area contributed by atoms with Gasteiger partial charge in [0.05, 0.1) is 12.1 Å². The number of ether oxygens (including phenoxy) is 1. The van der Waals surface area contributed by atoms with Crippen molar-refractivity contribution in [1.29, 1.82) is 0 Å². The predicted molar refractivity (Wildman–Crippen MR) is 105 cm³/mol. The Hall–Kier alpha value is -2.79. The van der Waals surface area contributed by atoms with Crippen molar-refractivity contribution < 1.29 is 4.74 Å². The van der Waals surface area contributed by atoms with Gasteiger partial charge in [-0.3, -0.25) is 0 Å². The van der Waals surface area contributed by atoms with Gasteiger partial charge in [0.15, 0.2) is 0 Å². The molecular weight excluding hydrogens is 348 g/mol. The van der Waals surface area contributed by atoms with Crippen LogP contribution in [0.5, 0.6) is 5.75 Å². The van der Waals surface area contributed by atoms with Gasteiger partial charge in [0.2, 0.25) is 5.95 Å². The van der Waals surface area contributed by atoms with Crippen molar-refractivity contribution >= 4 is 29.1 Å². The summed E-state index contributed by atoms with van der Waals surface area (Å²) in [6.45, 7) is 1.74. The first kappa shape index (κ1) is 16.7. The maximum absolute atomic E-state index is 6.19. The number of hydrogen-bond acceptors (Lipinski definition) is 5. The number of nitrogens with one attached hydrogen (secondary N) is 1. The van der Waals surface area contributed by atoms with E-state index in [0.29, 0.717) is 10.8 Å². The Balaban J connectivity index is 1.53. The zero-order valence-corrected chi connectivity index (χ0v) is 15.2. The summed E-state index contributed by atoms with van der Waals surface area (Å²) in [5, 5.41) is 3.83. The van der Waals surface area contributed by atoms with Crippen molar-refractivity contribution in [2.45, 2.75) is 13.0 Å². The molecule has 0 bridgehead atoms. The van der Waals surface area contributed by atoms with Gasteiger partial charge in [-0.1, -0.05) is 35.9 Å². The van der Waals surface area contributed by atoms with Gasteiger partial charge in [-0.15, -0.1) is 0 Å². The summed E-state index contributed by atoms with van der Waals surface area (Å²) in [5.41, 5.74) is 3.60. The van der Waals surface area contributed by atoms with Crippen LogP contribution in [-0.4, -0.2) is 23.6 Å². The lowest BCUT2D eigenvalue weighted by Gasteiger charge is -2.28. The number of fused-ring (bicyclic) bond motifs is 1. The maximum Gasteiger partial charge on any atom is 0.227 e. The van der Waals surface area contributed by atoms with Gasteiger partial charge in [-0.25, -0.2) is 4.98 Å². The normalized spacial score (nSPS) is 13.2. The monoisotopic (exact) mass is 366 g/mol. The molecule has 0 radical (unpaired) electrons. The van der Waals surface area contributed by atoms with Crippen LogP contribution < -0.4 is 15.0 Å². The maximum atomic E-state index is 6.19. The minimum Gasteiger partial charge on any atom is -0.495 e. The average Bonchev–Trinajstić information content (AvgIpc) is 2.68. The summed E-state index contributed by atoms with van der Waals surface area (Å²) in [6, 6.07) is 15.9. The van der Waals surface area contributed by atoms with Crippen molar-refractivity contribution in [3.05, 3.63) is 70.9 Å². The predicted octanol–water partition coefficient (Wildman–Crippen LogP) is 4.44. The topological polar surface area (TPSA) is 50.3 Å². The molecular formula is C20H19ClN4O. The molecule has 0 saturated heterocycles. The molecule has 0 aliphatic carbocycles. The van der Waals surface area contributed by atoms with Crippen molar-refractivity contribution in [2.75, 3.05) is 23.9 Å². The van der Waals surface area contributed by atoms with Crippen molar-refractivity contribution in [2.24, 2.45) is 0 Å². The van der Waals surface area contributed by atoms with Gasteiger partial charge in [-0.05, 0) is 41.8 Å². The van der Waals surface area contributed by atoms with E-state index in [4.69, 9.17) is 16.3 Å². The van der Waals surface area contributed by atoms with Crippen LogP contribution in [0.25, 0.3) is 0 Å². The van der Waals surface area contributed by atoms with Crippen LogP contribution in [0.3, 0.4) is 0 Å². The van der Waals surface area contributed by atoms with Crippen molar-refractivity contribution in [3.8, 4) is 5.75 Å². The molecule has 0 unspecified atom stereocenters. The third-order valence-corrected chi connectivity index (χ3v) is 4.78. The molecule has 4 rings (SSSR count). The first-order chi connectivity index (χ1) is 12.7. The largest absolute Gasteiger partial charge is 0.495 e. The molecule has 3 aromatic rings. The number of rotatable bonds is 4. The first-order valence-corrected chi connectivity index (χ1v) is 8.86. The van der Waals surface area contributed by atoms with Gasteiger partial charge in [0, 0.05) is 25.0 Å². The summed E-state index contributed by atoms with van der Waals surface area (Å²) in [7, 11) is 1.60. The third kappa shape index (κ3) is 3.44. The average molecular weight is 367 g/mol. The van der Waals surface area contributed by atoms with E-state index in [2.05, 4.69) is 44.5 Å². The zero-order chi connectivity index (χ0) is 17.9. The highest BCUT2D eigenvalue weighted by molar-refractivity contribution is 6.32. The Kier molecular flexibility index (Phi) is 4.63. The Morgan fingerprint density at radius 1 is 1.12 bits per heavy atom. The highest BCUT2D eigenvalue weighted by atomic mass is 35.5. The highest BCUT2D eigenvalue weighted by Crippen LogP contribution is 2.29. The van der Waals surface area contributed by atoms with Crippen LogP contribution in [0.1, 0.15) is 11.1 Å². The van der Waals surface area contributed by atoms with E-state index in [9.17, 15) is 0 Å². The molecule has 0 spiro atoms. The molecule has 1 aromatic heterocycles. The van der Waals surface area contributed by atoms with Gasteiger partial charge in [0.25, 0.3) is 0 Å². The fourth-order valence-corrected chi connectivity index (χ4v) is 3.39. The van der Waals surface area contributed by atoms with Crippen LogP contribution in [-0.2, 0) is 13.0 Å². The first-order valence-electron chi connectivity index (χ1n) is 8.48. The fourth-order valence-electron chi connectivity index (χ4n) is 3.13. The van der Waals surface area contributed by atoms with Gasteiger partial charge in [-0.2, -0.15) is 4.98 Å². The summed E-state index contributed by atoms with van der Waals surface area (Å²) in [4.78, 5) is 11.3. The van der Waals surface area contributed by atoms with Crippen LogP contribution in [0.4, 0.5) is 17.5 Å². The van der Waals surface area contributed by atoms with E-state index in [0.717, 1.165) is 37.0 Å². The lowest BCUT2D eigenvalue weighted by Crippen LogP contribution is -2.31. The third-order valence-electron chi connectivity index (χ3n) is 4.48. The Bertz CT molecular complexity index is 931. The summed E-state index contributed by atoms with van der Waals surface area (Å²) in [6.07, 6.45) is 2.78. The second kappa shape index (κ2) is 7.22. The number of hydrogen-bond donors (Lipinski definition) is 1. The second-order valence-corrected chi connectivity index (χ2v) is 6.56. The molecule has 1 aliphatic rings. The molecule has 5 nitrogen and oxygen atoms in total. The second-order valence-electron chi connectivity index (χ2n) is 6.16. The standard InChI is InChI=1S/C20H19ClN4O/c1-26-18-7-6-16(12-17(18)21)23-19-8-10-22-20(24-19)25-11-9-14-4-2-3-5-15(14)13-25/h2-8,10,12H,9,11,13H2,1H3,(H,22,23,24). The van der Waals surface area contributed by atoms with E-state index in [-0.39, 0.29) is 0 Å². The molecule has 0 atom stereocenters. The van der Waals surface area contributed by atoms with E-state index in [1.807, 2.05) is 24.3 Å². The summed E-state index contributed by atoms with van der Waals surface area (Å²) >= 11 is 6.19. The van der Waals surface area contributed by atoms with E-state index < -0.39 is 0 Å². The van der Waals surface area contributed by atoms with Gasteiger partial charge < -0.3 is 15.0 Å². The Morgan fingerprint density at radius 2 is 1.96 bits per heavy atom. The zero-order valence-electron chi connectivity index (χ0n) is 14.4. The molecule has 26 heavy (non-hydrogen) atoms. The SMILES string of the molecule is COc1ccc(Nc2ccnc(N3CCc4ccccc4C3)n2)cc1Cl. The highest BCUT2D eigenvalue weighted by Gasteiger charge is 2.18. The number of methoxy groups -OCH3 is 1. The van der Waals surface area contributed by atoms with Crippen molar-refractivity contribution in [3.63, 3.8) is 0 Å². The molecule has 132 valence electrons. The number of benzene rings is 2. The van der Waals surface area contributed by atoms with Crippen LogP contribution >= 0.6 is 11.6 Å². The van der Waals surface area contributed by atoms with Gasteiger partial charge in [0.1, 0.15) is 11.6 Å². The van der Waals surface area contributed by atoms with Crippen LogP contribution in [0.15, 0.2) is 54.7 Å². The van der Waals surface area contributed by atoms with Crippen LogP contribution in [0, 0.1) is 0 Å². The summed E-state index contributed by atoms with van der Waals surface area (Å²) in [5.74, 6) is 2.10. The molecule has 0 fully saturated rings. The molecule has 1 aliphatic heterocycles. The molecule has 0 amide bonds. The minimum absolute atomic E-state index is 0.555. The fraction of sp³-hybridized carbons (Fsp3) is 0.200. The van der Waals surface area contributed by atoms with Crippen molar-refractivity contribution in [1.82, 2.24) is 9.97 Å². The quantitative estimate of drug-likeness (QED) is 0.739. The Morgan fingerprint density at radius 3 is 2.77 bits per heavy atom. The Labute approximate surface area is 157 Å². The lowest BCUT2D eigenvalue weighted by atomic mass is 10.0. The lowest BCUT2D eigenvalue weighted by molar-refractivity contribution is 0.415. The van der Waals surface area contributed by atoms with Crippen LogP contribution in [0.2, 0.25) is 5.02 Å². The smallest absolute Gasteiger partial charge is 0.227 e. The minimum atomic E-state index is 0.555. The molecule has 0 saturated carbocycles. The molecule has 2 heterocycles. The molecule has 6 heteroatoms. The van der Waals surface area contributed by atoms with E-state index >= 15 is 0 Å².